The van der Waals surface area contributed by atoms with Crippen LogP contribution >= 0.6 is 0 Å². The first-order valence-corrected chi connectivity index (χ1v) is 8.56. The van der Waals surface area contributed by atoms with Crippen molar-refractivity contribution in [3.05, 3.63) is 18.3 Å². The molecule has 3 aliphatic heterocycles. The molecule has 0 radical (unpaired) electrons. The summed E-state index contributed by atoms with van der Waals surface area (Å²) in [6.45, 7) is 3.51. The molecule has 2 bridgehead atoms. The van der Waals surface area contributed by atoms with Crippen LogP contribution in [-0.2, 0) is 9.84 Å². The second-order valence-electron chi connectivity index (χ2n) is 5.55. The van der Waals surface area contributed by atoms with Crippen molar-refractivity contribution < 1.29 is 8.42 Å². The van der Waals surface area contributed by atoms with Crippen LogP contribution in [0.2, 0.25) is 0 Å². The van der Waals surface area contributed by atoms with E-state index in [9.17, 15) is 8.42 Å². The quantitative estimate of drug-likeness (QED) is 0.895. The van der Waals surface area contributed by atoms with Gasteiger partial charge in [0.25, 0.3) is 0 Å². The molecule has 19 heavy (non-hydrogen) atoms. The fraction of sp³-hybridized carbons (Fsp3) is 0.615. The van der Waals surface area contributed by atoms with Crippen molar-refractivity contribution in [2.75, 3.05) is 31.2 Å². The molecule has 3 fully saturated rings. The van der Waals surface area contributed by atoms with Gasteiger partial charge in [0.15, 0.2) is 14.9 Å². The van der Waals surface area contributed by atoms with Crippen LogP contribution in [0.5, 0.6) is 0 Å². The highest BCUT2D eigenvalue weighted by atomic mass is 32.2. The van der Waals surface area contributed by atoms with Crippen molar-refractivity contribution >= 4 is 15.5 Å². The van der Waals surface area contributed by atoms with E-state index < -0.39 is 9.84 Å². The van der Waals surface area contributed by atoms with Crippen LogP contribution in [-0.4, -0.2) is 50.2 Å². The van der Waals surface area contributed by atoms with Gasteiger partial charge in [0.05, 0.1) is 11.9 Å². The molecule has 5 nitrogen and oxygen atoms in total. The van der Waals surface area contributed by atoms with E-state index in [1.54, 1.807) is 18.3 Å². The smallest absolute Gasteiger partial charge is 0.192 e. The molecule has 0 saturated carbocycles. The Hall–Kier alpha value is -1.14. The maximum atomic E-state index is 11.3. The summed E-state index contributed by atoms with van der Waals surface area (Å²) in [5, 5.41) is 3.62. The first-order chi connectivity index (χ1) is 9.02. The molecule has 3 saturated heterocycles. The molecule has 0 spiro atoms. The van der Waals surface area contributed by atoms with E-state index >= 15 is 0 Å². The summed E-state index contributed by atoms with van der Waals surface area (Å²) in [4.78, 5) is 6.50. The van der Waals surface area contributed by atoms with E-state index in [0.717, 1.165) is 18.2 Å². The Morgan fingerprint density at radius 2 is 2.05 bits per heavy atom. The molecule has 0 amide bonds. The van der Waals surface area contributed by atoms with Crippen LogP contribution in [0.3, 0.4) is 0 Å². The molecule has 1 unspecified atom stereocenters. The van der Waals surface area contributed by atoms with Crippen molar-refractivity contribution in [1.29, 1.82) is 0 Å². The Morgan fingerprint density at radius 1 is 1.32 bits per heavy atom. The van der Waals surface area contributed by atoms with Crippen molar-refractivity contribution in [3.8, 4) is 0 Å². The van der Waals surface area contributed by atoms with Crippen molar-refractivity contribution in [3.63, 3.8) is 0 Å². The van der Waals surface area contributed by atoms with Gasteiger partial charge in [-0.2, -0.15) is 0 Å². The Labute approximate surface area is 113 Å². The maximum absolute atomic E-state index is 11.3. The highest BCUT2D eigenvalue weighted by Crippen LogP contribution is 2.29. The number of aromatic nitrogens is 1. The van der Waals surface area contributed by atoms with Gasteiger partial charge < -0.3 is 10.2 Å². The fourth-order valence-electron chi connectivity index (χ4n) is 3.03. The zero-order chi connectivity index (χ0) is 13.5. The zero-order valence-electron chi connectivity index (χ0n) is 11.0. The maximum Gasteiger partial charge on any atom is 0.192 e. The van der Waals surface area contributed by atoms with E-state index in [1.807, 2.05) is 0 Å². The number of anilines is 1. The number of pyridine rings is 1. The van der Waals surface area contributed by atoms with E-state index in [2.05, 4.69) is 15.2 Å². The van der Waals surface area contributed by atoms with Crippen molar-refractivity contribution in [2.45, 2.75) is 23.9 Å². The van der Waals surface area contributed by atoms with Gasteiger partial charge in [-0.05, 0) is 44.0 Å². The number of piperidine rings is 3. The third-order valence-corrected chi connectivity index (χ3v) is 5.13. The highest BCUT2D eigenvalue weighted by Gasteiger charge is 2.33. The molecule has 0 aromatic carbocycles. The van der Waals surface area contributed by atoms with Crippen molar-refractivity contribution in [2.24, 2.45) is 5.92 Å². The zero-order valence-corrected chi connectivity index (χ0v) is 11.9. The van der Waals surface area contributed by atoms with Crippen LogP contribution in [0.4, 0.5) is 5.69 Å². The highest BCUT2D eigenvalue weighted by molar-refractivity contribution is 7.90. The summed E-state index contributed by atoms with van der Waals surface area (Å²) < 4.78 is 22.7. The Kier molecular flexibility index (Phi) is 3.22. The average Bonchev–Trinajstić information content (AvgIpc) is 2.40. The molecule has 6 heteroatoms. The van der Waals surface area contributed by atoms with Gasteiger partial charge in [-0.25, -0.2) is 13.4 Å². The standard InChI is InChI=1S/C13H19N3O2S/c1-19(17,18)13-3-2-11(8-14-13)15-12-9-16-6-4-10(12)5-7-16/h2-3,8,10,12,15H,4-7,9H2,1H3. The van der Waals surface area contributed by atoms with E-state index in [0.29, 0.717) is 6.04 Å². The second-order valence-corrected chi connectivity index (χ2v) is 7.51. The minimum Gasteiger partial charge on any atom is -0.379 e. The Morgan fingerprint density at radius 3 is 2.53 bits per heavy atom. The summed E-state index contributed by atoms with van der Waals surface area (Å²) in [5.41, 5.74) is 0.908. The van der Waals surface area contributed by atoms with E-state index in [4.69, 9.17) is 0 Å². The molecule has 4 heterocycles. The number of hydrogen-bond acceptors (Lipinski definition) is 5. The normalized spacial score (nSPS) is 30.3. The summed E-state index contributed by atoms with van der Waals surface area (Å²) >= 11 is 0. The molecule has 4 rings (SSSR count). The summed E-state index contributed by atoms with van der Waals surface area (Å²) in [7, 11) is -3.21. The number of nitrogens with zero attached hydrogens (tertiary/aromatic N) is 2. The predicted molar refractivity (Wildman–Crippen MR) is 73.9 cm³/mol. The van der Waals surface area contributed by atoms with Gasteiger partial charge in [0.2, 0.25) is 0 Å². The third-order valence-electron chi connectivity index (χ3n) is 4.12. The summed E-state index contributed by atoms with van der Waals surface area (Å²) in [6, 6.07) is 3.84. The average molecular weight is 281 g/mol. The number of rotatable bonds is 3. The van der Waals surface area contributed by atoms with Gasteiger partial charge in [-0.1, -0.05) is 0 Å². The molecular weight excluding hydrogens is 262 g/mol. The lowest BCUT2D eigenvalue weighted by molar-refractivity contribution is 0.0975. The number of fused-ring (bicyclic) bond motifs is 3. The molecule has 1 aromatic heterocycles. The van der Waals surface area contributed by atoms with Gasteiger partial charge in [-0.3, -0.25) is 0 Å². The van der Waals surface area contributed by atoms with Crippen molar-refractivity contribution in [1.82, 2.24) is 9.88 Å². The fourth-order valence-corrected chi connectivity index (χ4v) is 3.59. The first-order valence-electron chi connectivity index (χ1n) is 6.67. The Bertz CT molecular complexity index is 548. The van der Waals surface area contributed by atoms with Crippen LogP contribution in [0.25, 0.3) is 0 Å². The molecule has 1 atom stereocenters. The topological polar surface area (TPSA) is 62.3 Å². The van der Waals surface area contributed by atoms with E-state index in [1.165, 1.54) is 32.2 Å². The van der Waals surface area contributed by atoms with Gasteiger partial charge in [-0.15, -0.1) is 0 Å². The second kappa shape index (κ2) is 4.76. The monoisotopic (exact) mass is 281 g/mol. The lowest BCUT2D eigenvalue weighted by Crippen LogP contribution is -2.53. The summed E-state index contributed by atoms with van der Waals surface area (Å²) in [6.07, 6.45) is 5.31. The lowest BCUT2D eigenvalue weighted by Gasteiger charge is -2.45. The first kappa shape index (κ1) is 12.9. The van der Waals surface area contributed by atoms with E-state index in [-0.39, 0.29) is 5.03 Å². The molecule has 0 aliphatic carbocycles. The number of hydrogen-bond donors (Lipinski definition) is 1. The van der Waals surface area contributed by atoms with Gasteiger partial charge >= 0.3 is 0 Å². The summed E-state index contributed by atoms with van der Waals surface area (Å²) in [5.74, 6) is 0.736. The lowest BCUT2D eigenvalue weighted by atomic mass is 9.84. The molecular formula is C13H19N3O2S. The van der Waals surface area contributed by atoms with Crippen LogP contribution in [0.15, 0.2) is 23.4 Å². The number of sulfone groups is 1. The van der Waals surface area contributed by atoms with Crippen LogP contribution < -0.4 is 5.32 Å². The van der Waals surface area contributed by atoms with Gasteiger partial charge in [0.1, 0.15) is 0 Å². The largest absolute Gasteiger partial charge is 0.379 e. The molecule has 1 N–H and O–H groups in total. The van der Waals surface area contributed by atoms with Gasteiger partial charge in [0, 0.05) is 18.8 Å². The minimum absolute atomic E-state index is 0.131. The molecule has 1 aromatic rings. The Balaban J connectivity index is 1.70. The third kappa shape index (κ3) is 2.74. The molecule has 104 valence electrons. The number of nitrogens with one attached hydrogen (secondary N) is 1. The molecule has 3 aliphatic rings. The minimum atomic E-state index is -3.21. The van der Waals surface area contributed by atoms with Crippen LogP contribution in [0.1, 0.15) is 12.8 Å². The van der Waals surface area contributed by atoms with Crippen LogP contribution in [0, 0.1) is 5.92 Å². The predicted octanol–water partition coefficient (Wildman–Crippen LogP) is 0.991. The SMILES string of the molecule is CS(=O)(=O)c1ccc(NC2CN3CCC2CC3)cn1.